The summed E-state index contributed by atoms with van der Waals surface area (Å²) in [5, 5.41) is 77.6. The molecule has 0 fully saturated rings. The Bertz CT molecular complexity index is 3180. The van der Waals surface area contributed by atoms with Gasteiger partial charge in [-0.15, -0.1) is 0 Å². The van der Waals surface area contributed by atoms with Gasteiger partial charge in [0.25, 0.3) is 0 Å². The fourth-order valence-corrected chi connectivity index (χ4v) is 10.2. The number of hydrogen-bond acceptors (Lipinski definition) is 20. The van der Waals surface area contributed by atoms with Gasteiger partial charge in [-0.05, 0) is 93.7 Å². The number of aromatic nitrogens is 1. The zero-order valence-corrected chi connectivity index (χ0v) is 58.6. The zero-order valence-electron chi connectivity index (χ0n) is 58.6. The van der Waals surface area contributed by atoms with Gasteiger partial charge in [-0.2, -0.15) is 0 Å². The van der Waals surface area contributed by atoms with Crippen molar-refractivity contribution in [1.29, 1.82) is 0 Å². The summed E-state index contributed by atoms with van der Waals surface area (Å²) in [6.07, 6.45) is -1.36. The van der Waals surface area contributed by atoms with Gasteiger partial charge in [0.05, 0.1) is 32.2 Å². The molecule has 2 aromatic rings. The standard InChI is InChI=1S/C64H106N18O19/c1-10-33(8)51(63(100)101)82-53(90)39(19-15-21-70-64(68)69)73-55(92)41(23-31(4)5)75-60(97)46(29-84)80-62(99)50(32(6)7)81-52(89)38(18-13-14-20-65)72-54(91)40(22-30(2)3)74-56(93)42(24-35-27-71-37-17-12-11-16-36(35)37)76-59(96)45(28-83)79-57(94)43(25-47(66)86)77-58(95)44(26-48(87)88)78-61(98)49(67)34(9)85/h11-12,16-17,27,30-34,38-46,49-51,71,83-85H,10,13-15,18-26,28-29,65,67H2,1-9H3,(H2,66,86)(H,72,91)(H,73,92)(H,74,93)(H,75,97)(H,76,96)(H,77,95)(H,78,98)(H,79,94)(H,80,99)(H,81,89)(H,82,90)(H,87,88)(H,100,101)(H4,68,69,70)/t33-,34+,38-,39-,40-,41-,42-,43-,44-,45-,46-,49-,50-,51-/m0/s1. The van der Waals surface area contributed by atoms with Gasteiger partial charge in [0.1, 0.15) is 72.5 Å². The number of aliphatic hydroxyl groups is 3. The third-order valence-corrected chi connectivity index (χ3v) is 16.1. The normalized spacial score (nSPS) is 15.5. The van der Waals surface area contributed by atoms with Crippen molar-refractivity contribution < 1.29 is 92.7 Å². The number of hydrogen-bond donors (Lipinski definition) is 22. The number of aliphatic carboxylic acids is 2. The Kier molecular flexibility index (Phi) is 38.0. The second kappa shape index (κ2) is 43.8. The van der Waals surface area contributed by atoms with Crippen LogP contribution in [0.2, 0.25) is 0 Å². The van der Waals surface area contributed by atoms with E-state index in [0.29, 0.717) is 29.3 Å². The van der Waals surface area contributed by atoms with Gasteiger partial charge in [0, 0.05) is 30.1 Å². The molecule has 0 saturated heterocycles. The predicted octanol–water partition coefficient (Wildman–Crippen LogP) is -5.85. The SMILES string of the molecule is CC[C@H](C)[C@H](NC(=O)[C@H](CCCN=C(N)N)NC(=O)[C@H](CC(C)C)NC(=O)[C@H](CO)NC(=O)[C@@H](NC(=O)[C@H](CCCCN)NC(=O)[C@H](CC(C)C)NC(=O)[C@H](Cc1c[nH]c2ccccc12)NC(=O)[C@H](CO)NC(=O)[C@H](CC(N)=O)NC(=O)[C@H](CC(=O)O)NC(=O)[C@@H](N)[C@@H](C)O)C(C)C)C(=O)O. The summed E-state index contributed by atoms with van der Waals surface area (Å²) in [6, 6.07) is -12.4. The van der Waals surface area contributed by atoms with Crippen molar-refractivity contribution in [3.63, 3.8) is 0 Å². The monoisotopic (exact) mass is 1430 g/mol. The summed E-state index contributed by atoms with van der Waals surface area (Å²) in [7, 11) is 0. The Balaban J connectivity index is 2.51. The average molecular weight is 1430 g/mol. The van der Waals surface area contributed by atoms with E-state index >= 15 is 0 Å². The number of aliphatic hydroxyl groups excluding tert-OH is 3. The van der Waals surface area contributed by atoms with Gasteiger partial charge in [-0.25, -0.2) is 4.79 Å². The lowest BCUT2D eigenvalue weighted by Crippen LogP contribution is -2.62. The maximum atomic E-state index is 14.7. The maximum absolute atomic E-state index is 14.7. The minimum Gasteiger partial charge on any atom is -0.481 e. The minimum absolute atomic E-state index is 0.0273. The molecule has 0 unspecified atom stereocenters. The van der Waals surface area contributed by atoms with E-state index in [-0.39, 0.29) is 75.8 Å². The molecule has 2 rings (SSSR count). The molecule has 37 heteroatoms. The summed E-state index contributed by atoms with van der Waals surface area (Å²) in [5.41, 5.74) is 28.8. The third-order valence-electron chi connectivity index (χ3n) is 16.1. The molecule has 0 bridgehead atoms. The molecule has 0 spiro atoms. The van der Waals surface area contributed by atoms with Crippen LogP contribution in [-0.4, -0.2) is 224 Å². The molecule has 566 valence electrons. The number of primary amides is 1. The topological polar surface area (TPSA) is 631 Å². The van der Waals surface area contributed by atoms with Crippen LogP contribution in [0.1, 0.15) is 132 Å². The van der Waals surface area contributed by atoms with Gasteiger partial charge in [-0.1, -0.05) is 80.0 Å². The number of nitrogens with zero attached hydrogens (tertiary/aromatic N) is 1. The summed E-state index contributed by atoms with van der Waals surface area (Å²) in [5.74, 6) is -17.8. The van der Waals surface area contributed by atoms with E-state index in [1.807, 2.05) is 5.32 Å². The highest BCUT2D eigenvalue weighted by Gasteiger charge is 2.39. The maximum Gasteiger partial charge on any atom is 0.326 e. The lowest BCUT2D eigenvalue weighted by molar-refractivity contribution is -0.144. The molecule has 0 radical (unpaired) electrons. The van der Waals surface area contributed by atoms with E-state index in [2.05, 4.69) is 63.1 Å². The number of carboxylic acids is 2. The number of para-hydroxylation sites is 1. The minimum atomic E-state index is -1.98. The van der Waals surface area contributed by atoms with Crippen molar-refractivity contribution in [2.75, 3.05) is 26.3 Å². The van der Waals surface area contributed by atoms with E-state index in [1.165, 1.54) is 0 Å². The quantitative estimate of drug-likeness (QED) is 0.0167. The van der Waals surface area contributed by atoms with E-state index in [4.69, 9.17) is 28.7 Å². The van der Waals surface area contributed by atoms with Crippen molar-refractivity contribution >= 4 is 99.7 Å². The number of nitrogens with two attached hydrogens (primary N) is 5. The summed E-state index contributed by atoms with van der Waals surface area (Å²) in [4.78, 5) is 197. The lowest BCUT2D eigenvalue weighted by Gasteiger charge is -2.29. The van der Waals surface area contributed by atoms with Gasteiger partial charge >= 0.3 is 11.9 Å². The average Bonchev–Trinajstić information content (AvgIpc) is 1.55. The molecule has 12 amide bonds. The molecule has 101 heavy (non-hydrogen) atoms. The van der Waals surface area contributed by atoms with Crippen molar-refractivity contribution in [2.45, 2.75) is 212 Å². The molecule has 0 aliphatic heterocycles. The predicted molar refractivity (Wildman–Crippen MR) is 367 cm³/mol. The largest absolute Gasteiger partial charge is 0.481 e. The molecule has 27 N–H and O–H groups in total. The van der Waals surface area contributed by atoms with Crippen LogP contribution in [0.5, 0.6) is 0 Å². The Morgan fingerprint density at radius 3 is 1.38 bits per heavy atom. The highest BCUT2D eigenvalue weighted by Crippen LogP contribution is 2.21. The van der Waals surface area contributed by atoms with E-state index in [9.17, 15) is 92.7 Å². The van der Waals surface area contributed by atoms with Gasteiger partial charge < -0.3 is 118 Å². The Morgan fingerprint density at radius 2 is 0.921 bits per heavy atom. The van der Waals surface area contributed by atoms with Crippen molar-refractivity contribution in [3.05, 3.63) is 36.0 Å². The molecule has 0 aliphatic rings. The van der Waals surface area contributed by atoms with Crippen LogP contribution >= 0.6 is 0 Å². The van der Waals surface area contributed by atoms with Gasteiger partial charge in [-0.3, -0.25) is 67.3 Å². The highest BCUT2D eigenvalue weighted by molar-refractivity contribution is 6.01. The Morgan fingerprint density at radius 1 is 0.505 bits per heavy atom. The fraction of sp³-hybridized carbons (Fsp3) is 0.641. The van der Waals surface area contributed by atoms with Gasteiger partial charge in [0.2, 0.25) is 70.9 Å². The number of carboxylic acid groups (broad SMARTS) is 2. The van der Waals surface area contributed by atoms with Crippen LogP contribution in [-0.2, 0) is 73.5 Å². The van der Waals surface area contributed by atoms with E-state index in [1.54, 1.807) is 85.9 Å². The first-order chi connectivity index (χ1) is 47.4. The van der Waals surface area contributed by atoms with E-state index < -0.39 is 199 Å². The van der Waals surface area contributed by atoms with Crippen molar-refractivity contribution in [2.24, 2.45) is 57.3 Å². The molecule has 1 aromatic carbocycles. The molecule has 1 aromatic heterocycles. The van der Waals surface area contributed by atoms with Crippen LogP contribution in [0.3, 0.4) is 0 Å². The molecular weight excluding hydrogens is 1320 g/mol. The van der Waals surface area contributed by atoms with Crippen LogP contribution in [0.4, 0.5) is 0 Å². The van der Waals surface area contributed by atoms with Crippen molar-refractivity contribution in [3.8, 4) is 0 Å². The van der Waals surface area contributed by atoms with Crippen LogP contribution in [0.25, 0.3) is 10.9 Å². The number of fused-ring (bicyclic) bond motifs is 1. The zero-order chi connectivity index (χ0) is 76.5. The smallest absolute Gasteiger partial charge is 0.326 e. The number of guanidine groups is 1. The number of carbonyl (C=O) groups is 14. The number of aromatic amines is 1. The molecule has 1 heterocycles. The fourth-order valence-electron chi connectivity index (χ4n) is 10.2. The Hall–Kier alpha value is -9.59. The molecule has 37 nitrogen and oxygen atoms in total. The third kappa shape index (κ3) is 30.4. The van der Waals surface area contributed by atoms with Crippen LogP contribution < -0.4 is 87.2 Å². The molecule has 14 atom stereocenters. The molecule has 0 saturated carbocycles. The second-order valence-electron chi connectivity index (χ2n) is 25.9. The molecular formula is C64H106N18O19. The number of H-pyrrole nitrogens is 1. The first-order valence-electron chi connectivity index (χ1n) is 33.4. The summed E-state index contributed by atoms with van der Waals surface area (Å²) >= 11 is 0. The summed E-state index contributed by atoms with van der Waals surface area (Å²) < 4.78 is 0. The first-order valence-corrected chi connectivity index (χ1v) is 33.4. The number of amides is 12. The number of unbranched alkanes of at least 4 members (excludes halogenated alkanes) is 1. The first kappa shape index (κ1) is 87.5. The summed E-state index contributed by atoms with van der Waals surface area (Å²) in [6.45, 7) is 12.5. The van der Waals surface area contributed by atoms with E-state index in [0.717, 1.165) is 6.92 Å². The second-order valence-corrected chi connectivity index (χ2v) is 25.9. The highest BCUT2D eigenvalue weighted by atomic mass is 16.4. The number of benzene rings is 1. The number of carbonyl (C=O) groups excluding carboxylic acids is 12. The number of aliphatic imine (C=N–C) groups is 1. The molecule has 0 aliphatic carbocycles. The Labute approximate surface area is 585 Å². The van der Waals surface area contributed by atoms with Crippen LogP contribution in [0, 0.1) is 23.7 Å². The van der Waals surface area contributed by atoms with Gasteiger partial charge in [0.15, 0.2) is 5.96 Å². The number of nitrogens with one attached hydrogen (secondary N) is 12. The lowest BCUT2D eigenvalue weighted by atomic mass is 9.98. The number of rotatable bonds is 47. The van der Waals surface area contributed by atoms with Crippen LogP contribution in [0.15, 0.2) is 35.5 Å². The van der Waals surface area contributed by atoms with Crippen molar-refractivity contribution in [1.82, 2.24) is 63.5 Å².